The Balaban J connectivity index is 1.64. The topological polar surface area (TPSA) is 51.2 Å². The van der Waals surface area contributed by atoms with Crippen molar-refractivity contribution in [3.05, 3.63) is 95.8 Å². The number of carbonyl (C=O) groups is 1. The molecule has 0 bridgehead atoms. The Bertz CT molecular complexity index is 991. The molecule has 0 aliphatic rings. The first kappa shape index (κ1) is 19.2. The number of nitrogens with zero attached hydrogens (tertiary/aromatic N) is 1. The van der Waals surface area contributed by atoms with Gasteiger partial charge < -0.3 is 10.1 Å². The molecular weight excluding hydrogens is 362 g/mol. The first-order valence-corrected chi connectivity index (χ1v) is 8.63. The minimum Gasteiger partial charge on any atom is -0.456 e. The van der Waals surface area contributed by atoms with Gasteiger partial charge in [0.25, 0.3) is 0 Å². The molecule has 1 amide bonds. The van der Waals surface area contributed by atoms with E-state index in [1.54, 1.807) is 30.6 Å². The molecule has 0 aliphatic heterocycles. The van der Waals surface area contributed by atoms with Gasteiger partial charge in [0.05, 0.1) is 12.2 Å². The van der Waals surface area contributed by atoms with Gasteiger partial charge in [0.1, 0.15) is 23.1 Å². The van der Waals surface area contributed by atoms with Crippen molar-refractivity contribution in [1.82, 2.24) is 10.3 Å². The maximum atomic E-state index is 13.6. The number of pyridine rings is 1. The number of ether oxygens (including phenoxy) is 1. The van der Waals surface area contributed by atoms with Crippen LogP contribution in [-0.2, 0) is 4.79 Å². The average Bonchev–Trinajstić information content (AvgIpc) is 2.69. The molecule has 2 aromatic carbocycles. The number of hydrogen-bond donors (Lipinski definition) is 1. The van der Waals surface area contributed by atoms with Crippen LogP contribution in [0.3, 0.4) is 0 Å². The predicted octanol–water partition coefficient (Wildman–Crippen LogP) is 5.04. The van der Waals surface area contributed by atoms with Crippen LogP contribution in [0.1, 0.15) is 24.1 Å². The first-order chi connectivity index (χ1) is 13.5. The molecule has 1 atom stereocenters. The molecule has 142 valence electrons. The van der Waals surface area contributed by atoms with Gasteiger partial charge in [-0.15, -0.1) is 0 Å². The molecule has 0 saturated carbocycles. The molecule has 3 rings (SSSR count). The van der Waals surface area contributed by atoms with Crippen molar-refractivity contribution >= 4 is 12.0 Å². The van der Waals surface area contributed by atoms with Crippen molar-refractivity contribution in [3.8, 4) is 11.5 Å². The van der Waals surface area contributed by atoms with E-state index in [0.717, 1.165) is 23.8 Å². The molecule has 4 nitrogen and oxygen atoms in total. The largest absolute Gasteiger partial charge is 0.456 e. The zero-order chi connectivity index (χ0) is 19.9. The molecule has 1 aromatic heterocycles. The maximum absolute atomic E-state index is 13.6. The molecule has 1 heterocycles. The number of rotatable bonds is 6. The third-order valence-electron chi connectivity index (χ3n) is 3.96. The molecular formula is C22H18F2N2O2. The molecule has 3 aromatic rings. The van der Waals surface area contributed by atoms with E-state index in [-0.39, 0.29) is 11.6 Å². The van der Waals surface area contributed by atoms with E-state index in [9.17, 15) is 13.6 Å². The van der Waals surface area contributed by atoms with Crippen LogP contribution in [-0.4, -0.2) is 10.9 Å². The van der Waals surface area contributed by atoms with E-state index >= 15 is 0 Å². The van der Waals surface area contributed by atoms with Crippen molar-refractivity contribution in [2.75, 3.05) is 0 Å². The molecule has 1 N–H and O–H groups in total. The Hall–Kier alpha value is -3.54. The van der Waals surface area contributed by atoms with Crippen LogP contribution in [0.2, 0.25) is 0 Å². The summed E-state index contributed by atoms with van der Waals surface area (Å²) >= 11 is 0. The highest BCUT2D eigenvalue weighted by Gasteiger charge is 2.09. The number of halogens is 2. The van der Waals surface area contributed by atoms with E-state index < -0.39 is 17.5 Å². The fourth-order valence-corrected chi connectivity index (χ4v) is 2.54. The van der Waals surface area contributed by atoms with Gasteiger partial charge >= 0.3 is 0 Å². The van der Waals surface area contributed by atoms with Gasteiger partial charge in [-0.25, -0.2) is 8.78 Å². The Labute approximate surface area is 161 Å². The van der Waals surface area contributed by atoms with Crippen molar-refractivity contribution in [3.63, 3.8) is 0 Å². The lowest BCUT2D eigenvalue weighted by Gasteiger charge is -2.14. The van der Waals surface area contributed by atoms with E-state index in [1.165, 1.54) is 12.2 Å². The third-order valence-corrected chi connectivity index (χ3v) is 3.96. The van der Waals surface area contributed by atoms with Crippen molar-refractivity contribution in [1.29, 1.82) is 0 Å². The zero-order valence-electron chi connectivity index (χ0n) is 15.1. The number of carbonyl (C=O) groups excluding carboxylic acids is 1. The smallest absolute Gasteiger partial charge is 0.244 e. The van der Waals surface area contributed by atoms with Gasteiger partial charge in [-0.3, -0.25) is 9.78 Å². The Morgan fingerprint density at radius 3 is 2.71 bits per heavy atom. The number of hydrogen-bond acceptors (Lipinski definition) is 3. The first-order valence-electron chi connectivity index (χ1n) is 8.63. The number of amides is 1. The Morgan fingerprint density at radius 2 is 1.93 bits per heavy atom. The second kappa shape index (κ2) is 8.90. The highest BCUT2D eigenvalue weighted by Crippen LogP contribution is 2.24. The van der Waals surface area contributed by atoms with E-state index in [1.807, 2.05) is 25.1 Å². The SMILES string of the molecule is CC(NC(=O)C=Cc1cc(F)ccc1F)c1cccc(Oc2cccnc2)c1. The minimum atomic E-state index is -0.598. The highest BCUT2D eigenvalue weighted by atomic mass is 19.1. The van der Waals surface area contributed by atoms with Crippen LogP contribution < -0.4 is 10.1 Å². The number of nitrogens with one attached hydrogen (secondary N) is 1. The molecule has 0 aliphatic carbocycles. The fourth-order valence-electron chi connectivity index (χ4n) is 2.54. The van der Waals surface area contributed by atoms with E-state index in [0.29, 0.717) is 11.5 Å². The lowest BCUT2D eigenvalue weighted by molar-refractivity contribution is -0.117. The van der Waals surface area contributed by atoms with E-state index in [4.69, 9.17) is 4.74 Å². The fraction of sp³-hybridized carbons (Fsp3) is 0.0909. The summed E-state index contributed by atoms with van der Waals surface area (Å²) in [6, 6.07) is 13.6. The third kappa shape index (κ3) is 5.23. The maximum Gasteiger partial charge on any atom is 0.244 e. The average molecular weight is 380 g/mol. The lowest BCUT2D eigenvalue weighted by atomic mass is 10.1. The van der Waals surface area contributed by atoms with Crippen molar-refractivity contribution < 1.29 is 18.3 Å². The number of aromatic nitrogens is 1. The summed E-state index contributed by atoms with van der Waals surface area (Å²) in [4.78, 5) is 16.1. The quantitative estimate of drug-likeness (QED) is 0.610. The van der Waals surface area contributed by atoms with E-state index in [2.05, 4.69) is 10.3 Å². The van der Waals surface area contributed by atoms with Crippen LogP contribution in [0.25, 0.3) is 6.08 Å². The molecule has 1 unspecified atom stereocenters. The van der Waals surface area contributed by atoms with Crippen molar-refractivity contribution in [2.24, 2.45) is 0 Å². The zero-order valence-corrected chi connectivity index (χ0v) is 15.1. The van der Waals surface area contributed by atoms with Crippen LogP contribution in [0.5, 0.6) is 11.5 Å². The highest BCUT2D eigenvalue weighted by molar-refractivity contribution is 5.92. The normalized spacial score (nSPS) is 12.0. The second-order valence-corrected chi connectivity index (χ2v) is 6.09. The summed E-state index contributed by atoms with van der Waals surface area (Å²) < 4.78 is 32.5. The summed E-state index contributed by atoms with van der Waals surface area (Å²) in [5, 5.41) is 2.78. The number of benzene rings is 2. The summed E-state index contributed by atoms with van der Waals surface area (Å²) in [7, 11) is 0. The van der Waals surface area contributed by atoms with Crippen LogP contribution in [0, 0.1) is 11.6 Å². The van der Waals surface area contributed by atoms with Crippen LogP contribution in [0.4, 0.5) is 8.78 Å². The van der Waals surface area contributed by atoms with Gasteiger partial charge in [-0.1, -0.05) is 12.1 Å². The molecule has 0 saturated heterocycles. The molecule has 0 radical (unpaired) electrons. The second-order valence-electron chi connectivity index (χ2n) is 6.09. The van der Waals surface area contributed by atoms with Gasteiger partial charge in [0.15, 0.2) is 0 Å². The summed E-state index contributed by atoms with van der Waals surface area (Å²) in [5.74, 6) is -0.367. The van der Waals surface area contributed by atoms with Gasteiger partial charge in [-0.05, 0) is 61.0 Å². The summed E-state index contributed by atoms with van der Waals surface area (Å²) in [6.07, 6.45) is 5.67. The standard InChI is InChI=1S/C22H18F2N2O2/c1-15(26-22(27)10-7-17-12-18(23)8-9-21(17)24)16-4-2-5-19(13-16)28-20-6-3-11-25-14-20/h2-15H,1H3,(H,26,27). The lowest BCUT2D eigenvalue weighted by Crippen LogP contribution is -2.24. The van der Waals surface area contributed by atoms with Gasteiger partial charge in [0, 0.05) is 17.8 Å². The molecule has 6 heteroatoms. The van der Waals surface area contributed by atoms with Crippen LogP contribution >= 0.6 is 0 Å². The van der Waals surface area contributed by atoms with Crippen LogP contribution in [0.15, 0.2) is 73.1 Å². The molecule has 0 fully saturated rings. The molecule has 0 spiro atoms. The Morgan fingerprint density at radius 1 is 1.11 bits per heavy atom. The predicted molar refractivity (Wildman–Crippen MR) is 103 cm³/mol. The van der Waals surface area contributed by atoms with Gasteiger partial charge in [0.2, 0.25) is 5.91 Å². The minimum absolute atomic E-state index is 0.00895. The van der Waals surface area contributed by atoms with Crippen molar-refractivity contribution in [2.45, 2.75) is 13.0 Å². The summed E-state index contributed by atoms with van der Waals surface area (Å²) in [6.45, 7) is 1.82. The Kier molecular flexibility index (Phi) is 6.11. The summed E-state index contributed by atoms with van der Waals surface area (Å²) in [5.41, 5.74) is 0.842. The monoisotopic (exact) mass is 380 g/mol. The van der Waals surface area contributed by atoms with Gasteiger partial charge in [-0.2, -0.15) is 0 Å². The molecule has 28 heavy (non-hydrogen) atoms.